The summed E-state index contributed by atoms with van der Waals surface area (Å²) in [6.45, 7) is -1.39. The smallest absolute Gasteiger partial charge is 0.433 e. The predicted octanol–water partition coefficient (Wildman–Crippen LogP) is 4.72. The average molecular weight is 403 g/mol. The van der Waals surface area contributed by atoms with Crippen molar-refractivity contribution in [3.05, 3.63) is 41.2 Å². The number of nitrogens with one attached hydrogen (secondary N) is 1. The Kier molecular flexibility index (Phi) is 5.57. The molecule has 1 heterocycles. The Morgan fingerprint density at radius 1 is 1.32 bits per heavy atom. The number of aromatic nitrogens is 2. The van der Waals surface area contributed by atoms with E-state index in [4.69, 9.17) is 0 Å². The van der Waals surface area contributed by atoms with Gasteiger partial charge in [0.2, 0.25) is 5.91 Å². The number of nitrogens with zero attached hydrogens (tertiary/aromatic N) is 2. The molecule has 0 aliphatic heterocycles. The topological polar surface area (TPSA) is 56.1 Å². The second-order valence-corrected chi connectivity index (χ2v) is 6.63. The van der Waals surface area contributed by atoms with E-state index in [9.17, 15) is 26.7 Å². The van der Waals surface area contributed by atoms with Crippen LogP contribution in [0.4, 0.5) is 27.6 Å². The third kappa shape index (κ3) is 4.99. The highest BCUT2D eigenvalue weighted by Crippen LogP contribution is 2.42. The zero-order chi connectivity index (χ0) is 20.5. The number of benzene rings is 1. The number of rotatable bonds is 7. The van der Waals surface area contributed by atoms with Crippen LogP contribution in [-0.2, 0) is 17.5 Å². The van der Waals surface area contributed by atoms with Gasteiger partial charge in [-0.25, -0.2) is 0 Å². The molecule has 1 saturated carbocycles. The van der Waals surface area contributed by atoms with Crippen molar-refractivity contribution in [2.75, 3.05) is 5.32 Å². The van der Waals surface area contributed by atoms with E-state index in [1.807, 2.05) is 0 Å². The molecule has 0 bridgehead atoms. The van der Waals surface area contributed by atoms with Gasteiger partial charge < -0.3 is 10.1 Å². The first kappa shape index (κ1) is 20.1. The summed E-state index contributed by atoms with van der Waals surface area (Å²) in [6, 6.07) is 5.36. The zero-order valence-electron chi connectivity index (χ0n) is 14.9. The van der Waals surface area contributed by atoms with Gasteiger partial charge in [-0.05, 0) is 43.5 Å². The molecule has 1 aliphatic rings. The van der Waals surface area contributed by atoms with Crippen LogP contribution < -0.4 is 10.1 Å². The van der Waals surface area contributed by atoms with Gasteiger partial charge in [-0.1, -0.05) is 6.07 Å². The molecule has 1 amide bonds. The molecule has 0 unspecified atom stereocenters. The maximum atomic E-state index is 12.9. The molecule has 0 radical (unpaired) electrons. The standard InChI is InChI=1S/C18H18F5N3O2/c1-10-2-5-14(28-17(19)20)12(8-10)24-16(27)6-7-26-13(11-3-4-11)9-15(25-26)18(21,22)23/h2,5,8-9,11,17H,3-4,6-7H2,1H3,(H,24,27). The van der Waals surface area contributed by atoms with Crippen LogP contribution >= 0.6 is 0 Å². The van der Waals surface area contributed by atoms with Crippen LogP contribution in [0.15, 0.2) is 24.3 Å². The van der Waals surface area contributed by atoms with Gasteiger partial charge in [-0.2, -0.15) is 27.1 Å². The molecular weight excluding hydrogens is 385 g/mol. The number of hydrogen-bond acceptors (Lipinski definition) is 3. The molecule has 1 aromatic carbocycles. The second kappa shape index (κ2) is 7.76. The number of carbonyl (C=O) groups is 1. The van der Waals surface area contributed by atoms with E-state index in [2.05, 4.69) is 15.2 Å². The Morgan fingerprint density at radius 3 is 2.64 bits per heavy atom. The summed E-state index contributed by atoms with van der Waals surface area (Å²) in [6.07, 6.45) is -3.15. The zero-order valence-corrected chi connectivity index (χ0v) is 14.9. The second-order valence-electron chi connectivity index (χ2n) is 6.63. The summed E-state index contributed by atoms with van der Waals surface area (Å²) < 4.78 is 69.3. The van der Waals surface area contributed by atoms with Crippen molar-refractivity contribution in [3.8, 4) is 5.75 Å². The molecule has 1 fully saturated rings. The third-order valence-corrected chi connectivity index (χ3v) is 4.27. The largest absolute Gasteiger partial charge is 0.435 e. The first-order valence-corrected chi connectivity index (χ1v) is 8.63. The molecule has 28 heavy (non-hydrogen) atoms. The van der Waals surface area contributed by atoms with Gasteiger partial charge in [0.15, 0.2) is 5.69 Å². The van der Waals surface area contributed by atoms with Crippen LogP contribution in [0.3, 0.4) is 0 Å². The van der Waals surface area contributed by atoms with Crippen molar-refractivity contribution in [2.45, 2.75) is 51.4 Å². The lowest BCUT2D eigenvalue weighted by Crippen LogP contribution is -2.17. The lowest BCUT2D eigenvalue weighted by molar-refractivity contribution is -0.141. The minimum absolute atomic E-state index is 0.0227. The molecule has 2 aromatic rings. The van der Waals surface area contributed by atoms with Crippen molar-refractivity contribution in [2.24, 2.45) is 0 Å². The lowest BCUT2D eigenvalue weighted by atomic mass is 10.2. The highest BCUT2D eigenvalue weighted by atomic mass is 19.4. The Bertz CT molecular complexity index is 859. The summed E-state index contributed by atoms with van der Waals surface area (Å²) in [5, 5.41) is 6.05. The normalized spacial score (nSPS) is 14.4. The molecule has 1 aliphatic carbocycles. The van der Waals surface area contributed by atoms with Gasteiger partial charge in [-0.15, -0.1) is 0 Å². The summed E-state index contributed by atoms with van der Waals surface area (Å²) in [5.41, 5.74) is 0.262. The van der Waals surface area contributed by atoms with E-state index in [1.165, 1.54) is 16.8 Å². The average Bonchev–Trinajstić information content (AvgIpc) is 3.33. The number of anilines is 1. The predicted molar refractivity (Wildman–Crippen MR) is 90.3 cm³/mol. The Morgan fingerprint density at radius 2 is 2.04 bits per heavy atom. The number of aryl methyl sites for hydroxylation is 2. The molecule has 1 aromatic heterocycles. The molecule has 152 valence electrons. The van der Waals surface area contributed by atoms with Crippen molar-refractivity contribution in [3.63, 3.8) is 0 Å². The van der Waals surface area contributed by atoms with E-state index in [-0.39, 0.29) is 30.3 Å². The Labute approximate surface area is 157 Å². The lowest BCUT2D eigenvalue weighted by Gasteiger charge is -2.13. The number of alkyl halides is 5. The molecule has 5 nitrogen and oxygen atoms in total. The SMILES string of the molecule is Cc1ccc(OC(F)F)c(NC(=O)CCn2nc(C(F)(F)F)cc2C2CC2)c1. The fraction of sp³-hybridized carbons (Fsp3) is 0.444. The highest BCUT2D eigenvalue weighted by molar-refractivity contribution is 5.92. The number of ether oxygens (including phenoxy) is 1. The fourth-order valence-corrected chi connectivity index (χ4v) is 2.82. The van der Waals surface area contributed by atoms with Crippen LogP contribution in [0, 0.1) is 6.92 Å². The van der Waals surface area contributed by atoms with E-state index < -0.39 is 24.4 Å². The van der Waals surface area contributed by atoms with Gasteiger partial charge in [0, 0.05) is 24.6 Å². The number of carbonyl (C=O) groups excluding carboxylic acids is 1. The first-order chi connectivity index (χ1) is 13.1. The molecule has 10 heteroatoms. The first-order valence-electron chi connectivity index (χ1n) is 8.63. The van der Waals surface area contributed by atoms with Crippen molar-refractivity contribution >= 4 is 11.6 Å². The molecular formula is C18H18F5N3O2. The maximum absolute atomic E-state index is 12.9. The summed E-state index contributed by atoms with van der Waals surface area (Å²) in [5.74, 6) is -0.712. The molecule has 1 N–H and O–H groups in total. The maximum Gasteiger partial charge on any atom is 0.435 e. The van der Waals surface area contributed by atoms with Crippen molar-refractivity contribution in [1.29, 1.82) is 0 Å². The van der Waals surface area contributed by atoms with Crippen molar-refractivity contribution < 1.29 is 31.5 Å². The van der Waals surface area contributed by atoms with Crippen LogP contribution in [-0.4, -0.2) is 22.3 Å². The number of amides is 1. The van der Waals surface area contributed by atoms with Gasteiger partial charge in [0.1, 0.15) is 5.75 Å². The van der Waals surface area contributed by atoms with Crippen LogP contribution in [0.25, 0.3) is 0 Å². The Balaban J connectivity index is 1.68. The monoisotopic (exact) mass is 403 g/mol. The van der Waals surface area contributed by atoms with Crippen LogP contribution in [0.5, 0.6) is 5.75 Å². The van der Waals surface area contributed by atoms with E-state index in [0.717, 1.165) is 24.5 Å². The highest BCUT2D eigenvalue weighted by Gasteiger charge is 2.37. The number of halogens is 5. The van der Waals surface area contributed by atoms with E-state index >= 15 is 0 Å². The Hall–Kier alpha value is -2.65. The number of hydrogen-bond donors (Lipinski definition) is 1. The minimum atomic E-state index is -4.56. The molecule has 0 spiro atoms. The summed E-state index contributed by atoms with van der Waals surface area (Å²) in [4.78, 5) is 12.2. The molecule has 0 atom stereocenters. The quantitative estimate of drug-likeness (QED) is 0.681. The van der Waals surface area contributed by atoms with E-state index in [1.54, 1.807) is 13.0 Å². The molecule has 3 rings (SSSR count). The van der Waals surface area contributed by atoms with Crippen LogP contribution in [0.2, 0.25) is 0 Å². The van der Waals surface area contributed by atoms with Crippen molar-refractivity contribution in [1.82, 2.24) is 9.78 Å². The van der Waals surface area contributed by atoms with Gasteiger partial charge in [0.05, 0.1) is 5.69 Å². The summed E-state index contributed by atoms with van der Waals surface area (Å²) >= 11 is 0. The fourth-order valence-electron chi connectivity index (χ4n) is 2.82. The van der Waals surface area contributed by atoms with Gasteiger partial charge in [-0.3, -0.25) is 9.48 Å². The van der Waals surface area contributed by atoms with Crippen LogP contribution in [0.1, 0.15) is 42.1 Å². The minimum Gasteiger partial charge on any atom is -0.433 e. The van der Waals surface area contributed by atoms with Gasteiger partial charge in [0.25, 0.3) is 0 Å². The summed E-state index contributed by atoms with van der Waals surface area (Å²) in [7, 11) is 0. The third-order valence-electron chi connectivity index (χ3n) is 4.27. The molecule has 0 saturated heterocycles. The van der Waals surface area contributed by atoms with E-state index in [0.29, 0.717) is 5.69 Å². The van der Waals surface area contributed by atoms with Gasteiger partial charge >= 0.3 is 12.8 Å².